The number of anilines is 1. The molecule has 2 N–H and O–H groups in total. The summed E-state index contributed by atoms with van der Waals surface area (Å²) in [7, 11) is 0. The van der Waals surface area contributed by atoms with Crippen molar-refractivity contribution in [3.63, 3.8) is 0 Å². The van der Waals surface area contributed by atoms with Crippen LogP contribution in [0.1, 0.15) is 6.42 Å². The lowest BCUT2D eigenvalue weighted by molar-refractivity contribution is -0.116. The van der Waals surface area contributed by atoms with E-state index in [1.54, 1.807) is 11.6 Å². The fraction of sp³-hybridized carbons (Fsp3) is 0.357. The van der Waals surface area contributed by atoms with Crippen molar-refractivity contribution in [2.75, 3.05) is 23.4 Å². The maximum absolute atomic E-state index is 12.1. The SMILES string of the molecule is Cl.O=C(CC1CSCCN1)Nc1ccc(Sc2nncs2)c(Cl)c1. The molecule has 1 aliphatic rings. The van der Waals surface area contributed by atoms with E-state index in [1.807, 2.05) is 23.9 Å². The average Bonchev–Trinajstić information content (AvgIpc) is 3.04. The van der Waals surface area contributed by atoms with Gasteiger partial charge in [0.2, 0.25) is 5.91 Å². The van der Waals surface area contributed by atoms with E-state index in [-0.39, 0.29) is 24.4 Å². The second kappa shape index (κ2) is 9.84. The van der Waals surface area contributed by atoms with Crippen molar-refractivity contribution in [1.29, 1.82) is 0 Å². The zero-order valence-corrected chi connectivity index (χ0v) is 16.6. The molecule has 0 aliphatic carbocycles. The van der Waals surface area contributed by atoms with Gasteiger partial charge in [-0.15, -0.1) is 22.6 Å². The molecule has 10 heteroatoms. The Morgan fingerprint density at radius 3 is 3.04 bits per heavy atom. The number of nitrogens with zero attached hydrogens (tertiary/aromatic N) is 2. The van der Waals surface area contributed by atoms with Crippen LogP contribution in [0.5, 0.6) is 0 Å². The number of rotatable bonds is 5. The maximum Gasteiger partial charge on any atom is 0.225 e. The molecule has 1 aromatic carbocycles. The van der Waals surface area contributed by atoms with Gasteiger partial charge in [-0.2, -0.15) is 11.8 Å². The number of hydrogen-bond donors (Lipinski definition) is 2. The van der Waals surface area contributed by atoms with Crippen LogP contribution in [0, 0.1) is 0 Å². The van der Waals surface area contributed by atoms with Crippen LogP contribution in [-0.2, 0) is 4.79 Å². The number of halogens is 2. The molecule has 0 saturated carbocycles. The van der Waals surface area contributed by atoms with Gasteiger partial charge in [0.25, 0.3) is 0 Å². The van der Waals surface area contributed by atoms with Crippen molar-refractivity contribution < 1.29 is 4.79 Å². The van der Waals surface area contributed by atoms with Gasteiger partial charge in [0.1, 0.15) is 5.51 Å². The Morgan fingerprint density at radius 2 is 2.38 bits per heavy atom. The highest BCUT2D eigenvalue weighted by Crippen LogP contribution is 2.35. The highest BCUT2D eigenvalue weighted by atomic mass is 35.5. The van der Waals surface area contributed by atoms with Crippen LogP contribution in [0.4, 0.5) is 5.69 Å². The van der Waals surface area contributed by atoms with Crippen molar-refractivity contribution in [2.45, 2.75) is 21.7 Å². The Kier molecular flexibility index (Phi) is 8.12. The molecular weight excluding hydrogens is 407 g/mol. The van der Waals surface area contributed by atoms with Crippen LogP contribution in [0.25, 0.3) is 0 Å². The molecule has 0 spiro atoms. The molecule has 1 aromatic heterocycles. The minimum atomic E-state index is 0. The van der Waals surface area contributed by atoms with Gasteiger partial charge in [0, 0.05) is 41.1 Å². The molecule has 1 amide bonds. The zero-order valence-electron chi connectivity index (χ0n) is 12.5. The van der Waals surface area contributed by atoms with Crippen LogP contribution < -0.4 is 10.6 Å². The summed E-state index contributed by atoms with van der Waals surface area (Å²) in [6, 6.07) is 5.76. The highest BCUT2D eigenvalue weighted by molar-refractivity contribution is 8.01. The lowest BCUT2D eigenvalue weighted by atomic mass is 10.2. The number of amides is 1. The Hall–Kier alpha value is -0.510. The van der Waals surface area contributed by atoms with Crippen LogP contribution in [0.3, 0.4) is 0 Å². The largest absolute Gasteiger partial charge is 0.326 e. The lowest BCUT2D eigenvalue weighted by Crippen LogP contribution is -2.39. The van der Waals surface area contributed by atoms with Crippen molar-refractivity contribution >= 4 is 70.5 Å². The molecule has 5 nitrogen and oxygen atoms in total. The lowest BCUT2D eigenvalue weighted by Gasteiger charge is -2.22. The molecule has 1 atom stereocenters. The molecule has 2 aromatic rings. The van der Waals surface area contributed by atoms with Gasteiger partial charge in [-0.25, -0.2) is 0 Å². The summed E-state index contributed by atoms with van der Waals surface area (Å²) in [6.07, 6.45) is 0.478. The van der Waals surface area contributed by atoms with E-state index in [9.17, 15) is 4.79 Å². The fourth-order valence-electron chi connectivity index (χ4n) is 2.15. The molecule has 2 heterocycles. The first-order valence-electron chi connectivity index (χ1n) is 7.05. The molecule has 3 rings (SSSR count). The third-order valence-electron chi connectivity index (χ3n) is 3.18. The summed E-state index contributed by atoms with van der Waals surface area (Å²) >= 11 is 11.1. The van der Waals surface area contributed by atoms with Crippen LogP contribution in [0.2, 0.25) is 5.02 Å². The topological polar surface area (TPSA) is 66.9 Å². The van der Waals surface area contributed by atoms with Gasteiger partial charge in [-0.3, -0.25) is 4.79 Å². The fourth-order valence-corrected chi connectivity index (χ4v) is 4.83. The Bertz CT molecular complexity index is 666. The minimum absolute atomic E-state index is 0. The Labute approximate surface area is 164 Å². The average molecular weight is 423 g/mol. The van der Waals surface area contributed by atoms with E-state index in [4.69, 9.17) is 11.6 Å². The van der Waals surface area contributed by atoms with Gasteiger partial charge in [0.15, 0.2) is 4.34 Å². The van der Waals surface area contributed by atoms with Gasteiger partial charge in [-0.05, 0) is 18.2 Å². The summed E-state index contributed by atoms with van der Waals surface area (Å²) in [5.41, 5.74) is 2.40. The Balaban J connectivity index is 0.00000208. The molecule has 0 radical (unpaired) electrons. The molecule has 1 fully saturated rings. The highest BCUT2D eigenvalue weighted by Gasteiger charge is 2.17. The number of aromatic nitrogens is 2. The number of nitrogens with one attached hydrogen (secondary N) is 2. The van der Waals surface area contributed by atoms with Crippen LogP contribution in [-0.4, -0.2) is 40.2 Å². The van der Waals surface area contributed by atoms with Crippen LogP contribution >= 0.6 is 58.9 Å². The molecular formula is C14H16Cl2N4OS3. The summed E-state index contributed by atoms with van der Waals surface area (Å²) in [5, 5.41) is 14.6. The normalized spacial score (nSPS) is 17.1. The van der Waals surface area contributed by atoms with Crippen molar-refractivity contribution in [3.05, 3.63) is 28.7 Å². The van der Waals surface area contributed by atoms with E-state index in [1.165, 1.54) is 23.1 Å². The number of thioether (sulfide) groups is 1. The molecule has 24 heavy (non-hydrogen) atoms. The molecule has 0 bridgehead atoms. The number of benzene rings is 1. The third-order valence-corrected chi connectivity index (χ3v) is 6.59. The summed E-state index contributed by atoms with van der Waals surface area (Å²) in [4.78, 5) is 13.0. The number of carbonyl (C=O) groups excluding carboxylic acids is 1. The van der Waals surface area contributed by atoms with Crippen LogP contribution in [0.15, 0.2) is 32.9 Å². The first kappa shape index (κ1) is 19.8. The summed E-state index contributed by atoms with van der Waals surface area (Å²) < 4.78 is 0.838. The van der Waals surface area contributed by atoms with Gasteiger partial charge < -0.3 is 10.6 Å². The van der Waals surface area contributed by atoms with Crippen molar-refractivity contribution in [3.8, 4) is 0 Å². The second-order valence-corrected chi connectivity index (χ2v) is 8.61. The first-order chi connectivity index (χ1) is 11.2. The van der Waals surface area contributed by atoms with Gasteiger partial charge >= 0.3 is 0 Å². The smallest absolute Gasteiger partial charge is 0.225 e. The monoisotopic (exact) mass is 422 g/mol. The van der Waals surface area contributed by atoms with E-state index in [0.29, 0.717) is 17.1 Å². The summed E-state index contributed by atoms with van der Waals surface area (Å²) in [5.74, 6) is 2.10. The van der Waals surface area contributed by atoms with E-state index >= 15 is 0 Å². The van der Waals surface area contributed by atoms with Gasteiger partial charge in [0.05, 0.1) is 5.02 Å². The third kappa shape index (κ3) is 5.79. The predicted octanol–water partition coefficient (Wildman–Crippen LogP) is 3.80. The van der Waals surface area contributed by atoms with Crippen molar-refractivity contribution in [2.24, 2.45) is 0 Å². The van der Waals surface area contributed by atoms with E-state index in [0.717, 1.165) is 27.3 Å². The number of hydrogen-bond acceptors (Lipinski definition) is 7. The quantitative estimate of drug-likeness (QED) is 0.763. The van der Waals surface area contributed by atoms with Gasteiger partial charge in [-0.1, -0.05) is 34.7 Å². The summed E-state index contributed by atoms with van der Waals surface area (Å²) in [6.45, 7) is 0.964. The molecule has 130 valence electrons. The second-order valence-electron chi connectivity index (χ2n) is 4.93. The minimum Gasteiger partial charge on any atom is -0.326 e. The molecule has 1 saturated heterocycles. The first-order valence-corrected chi connectivity index (χ1v) is 10.3. The predicted molar refractivity (Wildman–Crippen MR) is 105 cm³/mol. The van der Waals surface area contributed by atoms with Crippen molar-refractivity contribution in [1.82, 2.24) is 15.5 Å². The van der Waals surface area contributed by atoms with E-state index < -0.39 is 0 Å². The standard InChI is InChI=1S/C14H15ClN4OS3.ClH/c15-11-5-9(1-2-12(11)23-14-19-17-8-22-14)18-13(20)6-10-7-21-4-3-16-10;/h1-2,5,8,10,16H,3-4,6-7H2,(H,18,20);1H. The maximum atomic E-state index is 12.1. The molecule has 1 unspecified atom stereocenters. The zero-order chi connectivity index (χ0) is 16.1. The van der Waals surface area contributed by atoms with E-state index in [2.05, 4.69) is 20.8 Å². The number of carbonyl (C=O) groups is 1. The molecule has 1 aliphatic heterocycles. The Morgan fingerprint density at radius 1 is 1.50 bits per heavy atom.